The molecule has 0 radical (unpaired) electrons. The predicted octanol–water partition coefficient (Wildman–Crippen LogP) is 1.32. The van der Waals surface area contributed by atoms with Crippen molar-refractivity contribution in [1.29, 1.82) is 0 Å². The molecule has 6 heteroatoms. The Morgan fingerprint density at radius 2 is 2.67 bits per heavy atom. The van der Waals surface area contributed by atoms with E-state index in [0.29, 0.717) is 0 Å². The monoisotopic (exact) mass is 202 g/mol. The van der Waals surface area contributed by atoms with Crippen LogP contribution in [0.4, 0.5) is 0 Å². The Hall–Kier alpha value is -0.880. The van der Waals surface area contributed by atoms with Crippen LogP contribution in [0.2, 0.25) is 0 Å². The van der Waals surface area contributed by atoms with Crippen molar-refractivity contribution in [2.24, 2.45) is 0 Å². The van der Waals surface area contributed by atoms with E-state index >= 15 is 0 Å². The molecule has 0 fully saturated rings. The zero-order valence-corrected chi connectivity index (χ0v) is 7.89. The van der Waals surface area contributed by atoms with Gasteiger partial charge in [0.1, 0.15) is 5.51 Å². The summed E-state index contributed by atoms with van der Waals surface area (Å²) in [4.78, 5) is 10.6. The Morgan fingerprint density at radius 1 is 1.83 bits per heavy atom. The first-order valence-corrected chi connectivity index (χ1v) is 4.76. The van der Waals surface area contributed by atoms with Gasteiger partial charge >= 0.3 is 5.97 Å². The number of carbonyl (C=O) groups excluding carboxylic acids is 1. The van der Waals surface area contributed by atoms with Gasteiger partial charge in [0.2, 0.25) is 0 Å². The molecule has 1 aromatic rings. The van der Waals surface area contributed by atoms with Crippen molar-refractivity contribution in [2.45, 2.75) is 4.34 Å². The van der Waals surface area contributed by atoms with Crippen molar-refractivity contribution in [1.82, 2.24) is 10.2 Å². The lowest BCUT2D eigenvalue weighted by Gasteiger charge is -1.87. The van der Waals surface area contributed by atoms with Crippen molar-refractivity contribution >= 4 is 29.1 Å². The number of aromatic nitrogens is 2. The number of methoxy groups -OCH3 is 1. The van der Waals surface area contributed by atoms with E-state index in [2.05, 4.69) is 14.9 Å². The highest BCUT2D eigenvalue weighted by molar-refractivity contribution is 8.03. The van der Waals surface area contributed by atoms with Crippen LogP contribution < -0.4 is 0 Å². The van der Waals surface area contributed by atoms with Crippen molar-refractivity contribution in [3.05, 3.63) is 17.0 Å². The minimum atomic E-state index is -0.369. The summed E-state index contributed by atoms with van der Waals surface area (Å²) in [6, 6.07) is 0. The maximum Gasteiger partial charge on any atom is 0.330 e. The van der Waals surface area contributed by atoms with Gasteiger partial charge in [-0.15, -0.1) is 10.2 Å². The fourth-order valence-electron chi connectivity index (χ4n) is 0.430. The molecule has 0 spiro atoms. The molecule has 0 saturated carbocycles. The number of thioether (sulfide) groups is 1. The van der Waals surface area contributed by atoms with Gasteiger partial charge < -0.3 is 4.74 Å². The highest BCUT2D eigenvalue weighted by Crippen LogP contribution is 2.19. The Labute approximate surface area is 77.6 Å². The van der Waals surface area contributed by atoms with Gasteiger partial charge in [0.05, 0.1) is 7.11 Å². The molecule has 0 saturated heterocycles. The molecule has 0 aliphatic heterocycles. The van der Waals surface area contributed by atoms with Crippen LogP contribution in [0.25, 0.3) is 0 Å². The maximum absolute atomic E-state index is 10.6. The topological polar surface area (TPSA) is 52.1 Å². The second-order valence-electron chi connectivity index (χ2n) is 1.65. The molecule has 0 aliphatic carbocycles. The fourth-order valence-corrected chi connectivity index (χ4v) is 1.62. The minimum absolute atomic E-state index is 0.369. The van der Waals surface area contributed by atoms with E-state index in [9.17, 15) is 4.79 Å². The summed E-state index contributed by atoms with van der Waals surface area (Å²) in [7, 11) is 1.34. The number of hydrogen-bond donors (Lipinski definition) is 0. The Bertz CT molecular complexity index is 271. The molecule has 1 rings (SSSR count). The minimum Gasteiger partial charge on any atom is -0.466 e. The van der Waals surface area contributed by atoms with E-state index in [1.807, 2.05) is 0 Å². The van der Waals surface area contributed by atoms with Crippen LogP contribution in [0.15, 0.2) is 21.3 Å². The number of esters is 1. The summed E-state index contributed by atoms with van der Waals surface area (Å²) in [5, 5.41) is 9.02. The van der Waals surface area contributed by atoms with Crippen molar-refractivity contribution in [3.8, 4) is 0 Å². The molecular formula is C6H6N2O2S2. The fraction of sp³-hybridized carbons (Fsp3) is 0.167. The first-order chi connectivity index (χ1) is 5.83. The quantitative estimate of drug-likeness (QED) is 0.420. The Morgan fingerprint density at radius 3 is 3.25 bits per heavy atom. The second kappa shape index (κ2) is 4.89. The average Bonchev–Trinajstić information content (AvgIpc) is 2.57. The van der Waals surface area contributed by atoms with E-state index in [4.69, 9.17) is 0 Å². The standard InChI is InChI=1S/C6H6N2O2S2/c1-10-5(9)2-3-11-6-8-7-4-12-6/h2-4H,1H3. The normalized spacial score (nSPS) is 10.4. The van der Waals surface area contributed by atoms with E-state index in [1.165, 1.54) is 36.3 Å². The van der Waals surface area contributed by atoms with Gasteiger partial charge in [-0.05, 0) is 5.41 Å². The van der Waals surface area contributed by atoms with Crippen LogP contribution in [0, 0.1) is 0 Å². The molecule has 1 heterocycles. The van der Waals surface area contributed by atoms with E-state index in [-0.39, 0.29) is 5.97 Å². The molecule has 0 unspecified atom stereocenters. The lowest BCUT2D eigenvalue weighted by atomic mass is 10.7. The van der Waals surface area contributed by atoms with E-state index in [0.717, 1.165) is 4.34 Å². The summed E-state index contributed by atoms with van der Waals surface area (Å²) in [5.74, 6) is -0.369. The smallest absolute Gasteiger partial charge is 0.330 e. The van der Waals surface area contributed by atoms with Crippen LogP contribution in [0.1, 0.15) is 0 Å². The van der Waals surface area contributed by atoms with Crippen LogP contribution in [0.5, 0.6) is 0 Å². The van der Waals surface area contributed by atoms with Crippen LogP contribution >= 0.6 is 23.1 Å². The SMILES string of the molecule is COC(=O)C=CSc1nncs1. The zero-order valence-electron chi connectivity index (χ0n) is 6.26. The van der Waals surface area contributed by atoms with Crippen LogP contribution in [-0.4, -0.2) is 23.3 Å². The molecule has 0 atom stereocenters. The first-order valence-electron chi connectivity index (χ1n) is 3.00. The molecule has 1 aromatic heterocycles. The third-order valence-electron chi connectivity index (χ3n) is 0.914. The van der Waals surface area contributed by atoms with Gasteiger partial charge in [0.15, 0.2) is 4.34 Å². The van der Waals surface area contributed by atoms with Crippen molar-refractivity contribution < 1.29 is 9.53 Å². The largest absolute Gasteiger partial charge is 0.466 e. The van der Waals surface area contributed by atoms with Crippen LogP contribution in [-0.2, 0) is 9.53 Å². The number of hydrogen-bond acceptors (Lipinski definition) is 6. The second-order valence-corrected chi connectivity index (χ2v) is 3.63. The predicted molar refractivity (Wildman–Crippen MR) is 46.9 cm³/mol. The third kappa shape index (κ3) is 3.02. The zero-order chi connectivity index (χ0) is 8.81. The number of ether oxygens (including phenoxy) is 1. The number of carbonyl (C=O) groups is 1. The molecule has 12 heavy (non-hydrogen) atoms. The number of nitrogens with zero attached hydrogens (tertiary/aromatic N) is 2. The van der Waals surface area contributed by atoms with Crippen molar-refractivity contribution in [2.75, 3.05) is 7.11 Å². The van der Waals surface area contributed by atoms with Gasteiger partial charge in [-0.25, -0.2) is 4.79 Å². The molecule has 64 valence electrons. The Balaban J connectivity index is 2.35. The van der Waals surface area contributed by atoms with E-state index < -0.39 is 0 Å². The maximum atomic E-state index is 10.6. The lowest BCUT2D eigenvalue weighted by Crippen LogP contribution is -1.92. The van der Waals surface area contributed by atoms with Gasteiger partial charge in [-0.2, -0.15) is 0 Å². The molecule has 0 aromatic carbocycles. The molecule has 0 bridgehead atoms. The molecular weight excluding hydrogens is 196 g/mol. The van der Waals surface area contributed by atoms with Gasteiger partial charge in [-0.3, -0.25) is 0 Å². The van der Waals surface area contributed by atoms with Gasteiger partial charge in [0.25, 0.3) is 0 Å². The summed E-state index contributed by atoms with van der Waals surface area (Å²) in [6.45, 7) is 0. The summed E-state index contributed by atoms with van der Waals surface area (Å²) in [6.07, 6.45) is 1.34. The molecule has 0 N–H and O–H groups in total. The molecule has 0 aliphatic rings. The Kier molecular flexibility index (Phi) is 3.75. The highest BCUT2D eigenvalue weighted by atomic mass is 32.2. The number of rotatable bonds is 3. The van der Waals surface area contributed by atoms with Gasteiger partial charge in [0, 0.05) is 6.08 Å². The summed E-state index contributed by atoms with van der Waals surface area (Å²) < 4.78 is 5.20. The first kappa shape index (κ1) is 9.21. The van der Waals surface area contributed by atoms with Crippen molar-refractivity contribution in [3.63, 3.8) is 0 Å². The molecule has 4 nitrogen and oxygen atoms in total. The summed E-state index contributed by atoms with van der Waals surface area (Å²) in [5.41, 5.74) is 1.63. The lowest BCUT2D eigenvalue weighted by molar-refractivity contribution is -0.134. The summed E-state index contributed by atoms with van der Waals surface area (Å²) >= 11 is 2.75. The van der Waals surface area contributed by atoms with Crippen LogP contribution in [0.3, 0.4) is 0 Å². The van der Waals surface area contributed by atoms with Gasteiger partial charge in [-0.1, -0.05) is 23.1 Å². The molecule has 0 amide bonds. The van der Waals surface area contributed by atoms with E-state index in [1.54, 1.807) is 10.9 Å². The average molecular weight is 202 g/mol. The highest BCUT2D eigenvalue weighted by Gasteiger charge is 1.94. The third-order valence-corrected chi connectivity index (χ3v) is 2.53.